The van der Waals surface area contributed by atoms with Crippen molar-refractivity contribution in [2.75, 3.05) is 7.11 Å². The summed E-state index contributed by atoms with van der Waals surface area (Å²) >= 11 is 0. The van der Waals surface area contributed by atoms with E-state index in [0.717, 1.165) is 28.2 Å². The molecule has 0 aliphatic rings. The predicted octanol–water partition coefficient (Wildman–Crippen LogP) is 5.20. The second-order valence-electron chi connectivity index (χ2n) is 6.46. The van der Waals surface area contributed by atoms with Crippen LogP contribution >= 0.6 is 0 Å². The molecule has 0 bridgehead atoms. The second kappa shape index (κ2) is 8.32. The number of nitrogens with zero attached hydrogens (tertiary/aromatic N) is 2. The quantitative estimate of drug-likeness (QED) is 0.498. The van der Waals surface area contributed by atoms with Gasteiger partial charge in [-0.05, 0) is 35.9 Å². The van der Waals surface area contributed by atoms with Crippen LogP contribution in [0.2, 0.25) is 0 Å². The highest BCUT2D eigenvalue weighted by Gasteiger charge is 2.11. The summed E-state index contributed by atoms with van der Waals surface area (Å²) in [6.07, 6.45) is 1.88. The summed E-state index contributed by atoms with van der Waals surface area (Å²) in [4.78, 5) is 7.91. The van der Waals surface area contributed by atoms with Gasteiger partial charge in [0.15, 0.2) is 11.5 Å². The zero-order valence-electron chi connectivity index (χ0n) is 15.9. The van der Waals surface area contributed by atoms with E-state index in [1.807, 2.05) is 66.9 Å². The molecule has 5 nitrogen and oxygen atoms in total. The van der Waals surface area contributed by atoms with Crippen molar-refractivity contribution in [3.05, 3.63) is 90.1 Å². The van der Waals surface area contributed by atoms with Gasteiger partial charge < -0.3 is 14.5 Å². The lowest BCUT2D eigenvalue weighted by atomic mass is 10.1. The summed E-state index contributed by atoms with van der Waals surface area (Å²) in [5, 5.41) is 8.89. The normalized spacial score (nSPS) is 10.3. The summed E-state index contributed by atoms with van der Waals surface area (Å²) in [5.74, 6) is 2.11. The second-order valence-corrected chi connectivity index (χ2v) is 6.46. The lowest BCUT2D eigenvalue weighted by Crippen LogP contribution is -1.98. The first-order chi connectivity index (χ1) is 14.3. The molecular formula is C24H19N3O2. The van der Waals surface area contributed by atoms with Crippen LogP contribution in [0.1, 0.15) is 11.1 Å². The van der Waals surface area contributed by atoms with E-state index >= 15 is 0 Å². The van der Waals surface area contributed by atoms with Gasteiger partial charge >= 0.3 is 0 Å². The largest absolute Gasteiger partial charge is 0.493 e. The Labute approximate surface area is 169 Å². The zero-order chi connectivity index (χ0) is 20.1. The number of hydrogen-bond acceptors (Lipinski definition) is 4. The number of benzene rings is 3. The molecule has 0 saturated carbocycles. The number of nitrogens with one attached hydrogen (secondary N) is 1. The molecule has 0 aliphatic carbocycles. The van der Waals surface area contributed by atoms with Crippen LogP contribution in [0.5, 0.6) is 11.5 Å². The molecule has 0 radical (unpaired) electrons. The third-order valence-corrected chi connectivity index (χ3v) is 4.56. The van der Waals surface area contributed by atoms with Crippen molar-refractivity contribution < 1.29 is 9.47 Å². The molecule has 0 unspecified atom stereocenters. The molecule has 5 heteroatoms. The van der Waals surface area contributed by atoms with Crippen molar-refractivity contribution in [3.63, 3.8) is 0 Å². The van der Waals surface area contributed by atoms with Crippen LogP contribution in [-0.2, 0) is 6.61 Å². The molecule has 4 aromatic rings. The summed E-state index contributed by atoms with van der Waals surface area (Å²) in [6, 6.07) is 25.2. The Kier molecular flexibility index (Phi) is 5.26. The first-order valence-corrected chi connectivity index (χ1v) is 9.18. The molecule has 1 aromatic heterocycles. The number of nitriles is 1. The molecule has 4 rings (SSSR count). The van der Waals surface area contributed by atoms with Crippen molar-refractivity contribution >= 4 is 0 Å². The molecule has 0 aliphatic heterocycles. The van der Waals surface area contributed by atoms with E-state index in [1.54, 1.807) is 19.2 Å². The molecule has 0 amide bonds. The number of aromatic amines is 1. The predicted molar refractivity (Wildman–Crippen MR) is 112 cm³/mol. The summed E-state index contributed by atoms with van der Waals surface area (Å²) < 4.78 is 11.4. The average Bonchev–Trinajstić information content (AvgIpc) is 3.29. The average molecular weight is 381 g/mol. The first kappa shape index (κ1) is 18.3. The standard InChI is InChI=1S/C24H19N3O2/c1-28-23-13-20(21-15-26-24(27-21)19-5-3-2-4-6-19)11-12-22(23)29-16-18-9-7-17(14-25)8-10-18/h2-13,15H,16H2,1H3,(H,26,27). The van der Waals surface area contributed by atoms with Crippen LogP contribution in [0.15, 0.2) is 79.0 Å². The van der Waals surface area contributed by atoms with E-state index in [4.69, 9.17) is 14.7 Å². The van der Waals surface area contributed by atoms with Crippen molar-refractivity contribution in [2.45, 2.75) is 6.61 Å². The van der Waals surface area contributed by atoms with Gasteiger partial charge in [0.05, 0.1) is 24.4 Å². The van der Waals surface area contributed by atoms with Crippen LogP contribution in [0.3, 0.4) is 0 Å². The van der Waals surface area contributed by atoms with E-state index in [1.165, 1.54) is 0 Å². The van der Waals surface area contributed by atoms with Crippen molar-refractivity contribution in [3.8, 4) is 40.2 Å². The Morgan fingerprint density at radius 3 is 2.45 bits per heavy atom. The highest BCUT2D eigenvalue weighted by atomic mass is 16.5. The SMILES string of the molecule is COc1cc(-c2c[nH]c(-c3ccccc3)n2)ccc1OCc1ccc(C#N)cc1. The summed E-state index contributed by atoms with van der Waals surface area (Å²) in [6.45, 7) is 0.391. The lowest BCUT2D eigenvalue weighted by Gasteiger charge is -2.12. The highest BCUT2D eigenvalue weighted by molar-refractivity contribution is 5.67. The van der Waals surface area contributed by atoms with E-state index in [9.17, 15) is 0 Å². The van der Waals surface area contributed by atoms with Crippen LogP contribution in [0.25, 0.3) is 22.6 Å². The molecule has 0 fully saturated rings. The van der Waals surface area contributed by atoms with Crippen LogP contribution < -0.4 is 9.47 Å². The summed E-state index contributed by atoms with van der Waals surface area (Å²) in [5.41, 5.74) is 4.42. The number of methoxy groups -OCH3 is 1. The number of hydrogen-bond donors (Lipinski definition) is 1. The minimum absolute atomic E-state index is 0.391. The van der Waals surface area contributed by atoms with E-state index in [-0.39, 0.29) is 0 Å². The van der Waals surface area contributed by atoms with Crippen molar-refractivity contribution in [2.24, 2.45) is 0 Å². The van der Waals surface area contributed by atoms with Crippen LogP contribution in [0.4, 0.5) is 0 Å². The number of rotatable bonds is 6. The molecular weight excluding hydrogens is 362 g/mol. The van der Waals surface area contributed by atoms with Gasteiger partial charge in [-0.1, -0.05) is 42.5 Å². The number of aromatic nitrogens is 2. The van der Waals surface area contributed by atoms with Gasteiger partial charge in [-0.15, -0.1) is 0 Å². The van der Waals surface area contributed by atoms with E-state index < -0.39 is 0 Å². The minimum Gasteiger partial charge on any atom is -0.493 e. The van der Waals surface area contributed by atoms with Crippen molar-refractivity contribution in [1.29, 1.82) is 5.26 Å². The van der Waals surface area contributed by atoms with Gasteiger partial charge in [0.25, 0.3) is 0 Å². The smallest absolute Gasteiger partial charge is 0.161 e. The third kappa shape index (κ3) is 4.12. The van der Waals surface area contributed by atoms with Gasteiger partial charge in [-0.25, -0.2) is 4.98 Å². The topological polar surface area (TPSA) is 70.9 Å². The number of H-pyrrole nitrogens is 1. The lowest BCUT2D eigenvalue weighted by molar-refractivity contribution is 0.284. The van der Waals surface area contributed by atoms with Gasteiger partial charge in [0, 0.05) is 17.3 Å². The molecule has 0 saturated heterocycles. The van der Waals surface area contributed by atoms with Crippen molar-refractivity contribution in [1.82, 2.24) is 9.97 Å². The maximum absolute atomic E-state index is 8.89. The zero-order valence-corrected chi connectivity index (χ0v) is 15.9. The fourth-order valence-corrected chi connectivity index (χ4v) is 3.00. The Morgan fingerprint density at radius 1 is 0.931 bits per heavy atom. The highest BCUT2D eigenvalue weighted by Crippen LogP contribution is 2.33. The fourth-order valence-electron chi connectivity index (χ4n) is 3.00. The van der Waals surface area contributed by atoms with Gasteiger partial charge in [-0.3, -0.25) is 0 Å². The molecule has 0 atom stereocenters. The van der Waals surface area contributed by atoms with Gasteiger partial charge in [0.2, 0.25) is 0 Å². The maximum Gasteiger partial charge on any atom is 0.161 e. The Hall–Kier alpha value is -4.04. The molecule has 29 heavy (non-hydrogen) atoms. The molecule has 0 spiro atoms. The minimum atomic E-state index is 0.391. The fraction of sp³-hybridized carbons (Fsp3) is 0.0833. The summed E-state index contributed by atoms with van der Waals surface area (Å²) in [7, 11) is 1.62. The number of imidazole rings is 1. The van der Waals surface area contributed by atoms with Crippen LogP contribution in [-0.4, -0.2) is 17.1 Å². The molecule has 3 aromatic carbocycles. The third-order valence-electron chi connectivity index (χ3n) is 4.56. The van der Waals surface area contributed by atoms with E-state index in [0.29, 0.717) is 23.7 Å². The Bertz CT molecular complexity index is 1140. The van der Waals surface area contributed by atoms with Gasteiger partial charge in [-0.2, -0.15) is 5.26 Å². The molecule has 1 heterocycles. The Morgan fingerprint density at radius 2 is 1.72 bits per heavy atom. The Balaban J connectivity index is 1.52. The van der Waals surface area contributed by atoms with Crippen LogP contribution in [0, 0.1) is 11.3 Å². The van der Waals surface area contributed by atoms with Gasteiger partial charge in [0.1, 0.15) is 12.4 Å². The maximum atomic E-state index is 8.89. The monoisotopic (exact) mass is 381 g/mol. The number of ether oxygens (including phenoxy) is 2. The molecule has 1 N–H and O–H groups in total. The first-order valence-electron chi connectivity index (χ1n) is 9.18. The molecule has 142 valence electrons. The van der Waals surface area contributed by atoms with E-state index in [2.05, 4.69) is 16.0 Å².